The van der Waals surface area contributed by atoms with Crippen LogP contribution in [0.5, 0.6) is 0 Å². The minimum Gasteiger partial charge on any atom is -0.287 e. The highest BCUT2D eigenvalue weighted by molar-refractivity contribution is 5.27. The first-order chi connectivity index (χ1) is 8.33. The lowest BCUT2D eigenvalue weighted by Gasteiger charge is -2.25. The van der Waals surface area contributed by atoms with Gasteiger partial charge in [0, 0.05) is 6.42 Å². The average Bonchev–Trinajstić information content (AvgIpc) is 2.39. The second-order valence-electron chi connectivity index (χ2n) is 4.11. The third-order valence-corrected chi connectivity index (χ3v) is 2.91. The summed E-state index contributed by atoms with van der Waals surface area (Å²) in [5, 5.41) is 0. The molecule has 0 saturated heterocycles. The van der Waals surface area contributed by atoms with E-state index in [0.717, 1.165) is 25.9 Å². The highest BCUT2D eigenvalue weighted by atomic mass is 15.1. The molecule has 1 aromatic carbocycles. The number of unbranched alkanes of at least 4 members (excludes halogenated alkanes) is 1. The van der Waals surface area contributed by atoms with Gasteiger partial charge in [-0.15, -0.1) is 5.92 Å². The number of rotatable bonds is 5. The fraction of sp³-hybridized carbons (Fsp3) is 0.500. The van der Waals surface area contributed by atoms with Crippen molar-refractivity contribution in [1.29, 1.82) is 0 Å². The topological polar surface area (TPSA) is 3.24 Å². The van der Waals surface area contributed by atoms with Gasteiger partial charge in [-0.3, -0.25) is 4.90 Å². The Labute approximate surface area is 106 Å². The predicted molar refractivity (Wildman–Crippen MR) is 74.8 cm³/mol. The molecule has 0 fully saturated rings. The van der Waals surface area contributed by atoms with Crippen LogP contribution in [0.3, 0.4) is 0 Å². The van der Waals surface area contributed by atoms with Crippen LogP contribution in [0, 0.1) is 11.8 Å². The Balaban J connectivity index is 2.91. The Morgan fingerprint density at radius 2 is 1.71 bits per heavy atom. The van der Waals surface area contributed by atoms with Crippen LogP contribution in [0.15, 0.2) is 30.3 Å². The number of nitrogens with zero attached hydrogens (tertiary/aromatic N) is 1. The van der Waals surface area contributed by atoms with Crippen LogP contribution in [0.4, 0.5) is 0 Å². The van der Waals surface area contributed by atoms with Gasteiger partial charge >= 0.3 is 0 Å². The summed E-state index contributed by atoms with van der Waals surface area (Å²) in [5.41, 5.74) is 1.31. The zero-order valence-electron chi connectivity index (χ0n) is 11.2. The number of hydrogen-bond acceptors (Lipinski definition) is 1. The monoisotopic (exact) mass is 229 g/mol. The predicted octanol–water partition coefficient (Wildman–Crippen LogP) is 3.87. The first-order valence-electron chi connectivity index (χ1n) is 6.60. The van der Waals surface area contributed by atoms with Gasteiger partial charge in [-0.05, 0) is 25.1 Å². The molecular weight excluding hydrogens is 206 g/mol. The molecule has 1 aromatic rings. The van der Waals surface area contributed by atoms with Crippen molar-refractivity contribution in [3.05, 3.63) is 35.9 Å². The molecular formula is C16H23N. The van der Waals surface area contributed by atoms with E-state index < -0.39 is 0 Å². The van der Waals surface area contributed by atoms with E-state index in [0.29, 0.717) is 0 Å². The molecule has 1 atom stereocenters. The van der Waals surface area contributed by atoms with Gasteiger partial charge in [0.2, 0.25) is 0 Å². The van der Waals surface area contributed by atoms with Crippen molar-refractivity contribution in [3.8, 4) is 11.8 Å². The van der Waals surface area contributed by atoms with E-state index in [4.69, 9.17) is 0 Å². The molecule has 92 valence electrons. The van der Waals surface area contributed by atoms with Gasteiger partial charge < -0.3 is 0 Å². The van der Waals surface area contributed by atoms with Gasteiger partial charge in [0.25, 0.3) is 0 Å². The Morgan fingerprint density at radius 3 is 2.24 bits per heavy atom. The normalized spacial score (nSPS) is 12.0. The molecule has 17 heavy (non-hydrogen) atoms. The fourth-order valence-corrected chi connectivity index (χ4v) is 1.90. The summed E-state index contributed by atoms with van der Waals surface area (Å²) in [5.74, 6) is 6.71. The van der Waals surface area contributed by atoms with Crippen LogP contribution in [0.25, 0.3) is 0 Å². The van der Waals surface area contributed by atoms with Crippen molar-refractivity contribution in [2.75, 3.05) is 13.1 Å². The van der Waals surface area contributed by atoms with Gasteiger partial charge in [0.15, 0.2) is 0 Å². The van der Waals surface area contributed by atoms with Crippen LogP contribution in [0.1, 0.15) is 45.2 Å². The van der Waals surface area contributed by atoms with E-state index >= 15 is 0 Å². The minimum absolute atomic E-state index is 0.248. The van der Waals surface area contributed by atoms with Gasteiger partial charge in [0.1, 0.15) is 0 Å². The molecule has 0 bridgehead atoms. The molecule has 0 aliphatic heterocycles. The summed E-state index contributed by atoms with van der Waals surface area (Å²) in [6.45, 7) is 8.64. The largest absolute Gasteiger partial charge is 0.287 e. The van der Waals surface area contributed by atoms with E-state index in [2.05, 4.69) is 67.8 Å². The second-order valence-corrected chi connectivity index (χ2v) is 4.11. The molecule has 0 aliphatic rings. The van der Waals surface area contributed by atoms with Gasteiger partial charge in [-0.1, -0.05) is 57.0 Å². The maximum absolute atomic E-state index is 3.41. The highest BCUT2D eigenvalue weighted by Crippen LogP contribution is 2.19. The summed E-state index contributed by atoms with van der Waals surface area (Å²) in [4.78, 5) is 2.40. The van der Waals surface area contributed by atoms with Crippen molar-refractivity contribution >= 4 is 0 Å². The van der Waals surface area contributed by atoms with Crippen LogP contribution in [-0.2, 0) is 0 Å². The molecule has 0 heterocycles. The van der Waals surface area contributed by atoms with E-state index in [1.54, 1.807) is 0 Å². The van der Waals surface area contributed by atoms with Crippen molar-refractivity contribution in [1.82, 2.24) is 4.90 Å². The molecule has 1 heteroatoms. The third-order valence-electron chi connectivity index (χ3n) is 2.91. The Hall–Kier alpha value is -1.26. The van der Waals surface area contributed by atoms with Crippen molar-refractivity contribution in [2.24, 2.45) is 0 Å². The summed E-state index contributed by atoms with van der Waals surface area (Å²) in [6.07, 6.45) is 2.12. The smallest absolute Gasteiger partial charge is 0.0970 e. The van der Waals surface area contributed by atoms with Crippen molar-refractivity contribution < 1.29 is 0 Å². The van der Waals surface area contributed by atoms with Gasteiger partial charge in [-0.2, -0.15) is 0 Å². The maximum Gasteiger partial charge on any atom is 0.0970 e. The van der Waals surface area contributed by atoms with Crippen LogP contribution in [-0.4, -0.2) is 18.0 Å². The lowest BCUT2D eigenvalue weighted by molar-refractivity contribution is 0.264. The van der Waals surface area contributed by atoms with Crippen molar-refractivity contribution in [3.63, 3.8) is 0 Å². The SMILES string of the molecule is CCCC#CC(c1ccccc1)N(CC)CC. The number of hydrogen-bond donors (Lipinski definition) is 0. The summed E-state index contributed by atoms with van der Waals surface area (Å²) in [6, 6.07) is 10.8. The van der Waals surface area contributed by atoms with E-state index in [9.17, 15) is 0 Å². The van der Waals surface area contributed by atoms with E-state index in [1.165, 1.54) is 5.56 Å². The molecule has 0 spiro atoms. The van der Waals surface area contributed by atoms with Gasteiger partial charge in [-0.25, -0.2) is 0 Å². The Bertz CT molecular complexity index is 354. The Morgan fingerprint density at radius 1 is 1.06 bits per heavy atom. The molecule has 1 nitrogen and oxygen atoms in total. The maximum atomic E-state index is 3.41. The van der Waals surface area contributed by atoms with Crippen LogP contribution >= 0.6 is 0 Å². The summed E-state index contributed by atoms with van der Waals surface area (Å²) >= 11 is 0. The lowest BCUT2D eigenvalue weighted by atomic mass is 10.1. The number of benzene rings is 1. The molecule has 0 radical (unpaired) electrons. The molecule has 1 unspecified atom stereocenters. The molecule has 0 N–H and O–H groups in total. The molecule has 0 aliphatic carbocycles. The Kier molecular flexibility index (Phi) is 6.43. The molecule has 0 aromatic heterocycles. The van der Waals surface area contributed by atoms with Crippen molar-refractivity contribution in [2.45, 2.75) is 39.7 Å². The molecule has 1 rings (SSSR count). The zero-order chi connectivity index (χ0) is 12.5. The summed E-state index contributed by atoms with van der Waals surface area (Å²) < 4.78 is 0. The van der Waals surface area contributed by atoms with Crippen LogP contribution in [0.2, 0.25) is 0 Å². The molecule has 0 saturated carbocycles. The second kappa shape index (κ2) is 7.92. The van der Waals surface area contributed by atoms with E-state index in [-0.39, 0.29) is 6.04 Å². The standard InChI is InChI=1S/C16H23N/c1-4-7-9-14-16(17(5-2)6-3)15-12-10-8-11-13-15/h8,10-13,16H,4-7H2,1-3H3. The summed E-state index contributed by atoms with van der Waals surface area (Å²) in [7, 11) is 0. The first kappa shape index (κ1) is 13.8. The fourth-order valence-electron chi connectivity index (χ4n) is 1.90. The first-order valence-corrected chi connectivity index (χ1v) is 6.60. The average molecular weight is 229 g/mol. The van der Waals surface area contributed by atoms with Gasteiger partial charge in [0.05, 0.1) is 6.04 Å². The van der Waals surface area contributed by atoms with Crippen LogP contribution < -0.4 is 0 Å². The third kappa shape index (κ3) is 4.24. The van der Waals surface area contributed by atoms with E-state index in [1.807, 2.05) is 0 Å². The zero-order valence-corrected chi connectivity index (χ0v) is 11.2. The quantitative estimate of drug-likeness (QED) is 0.693. The minimum atomic E-state index is 0.248. The highest BCUT2D eigenvalue weighted by Gasteiger charge is 2.14. The molecule has 0 amide bonds. The lowest BCUT2D eigenvalue weighted by Crippen LogP contribution is -2.27.